The van der Waals surface area contributed by atoms with Gasteiger partial charge < -0.3 is 0 Å². The summed E-state index contributed by atoms with van der Waals surface area (Å²) < 4.78 is 0. The lowest BCUT2D eigenvalue weighted by molar-refractivity contribution is 1.01. The van der Waals surface area contributed by atoms with Gasteiger partial charge in [0.15, 0.2) is 0 Å². The van der Waals surface area contributed by atoms with Crippen molar-refractivity contribution in [1.82, 2.24) is 0 Å². The van der Waals surface area contributed by atoms with E-state index in [0.29, 0.717) is 0 Å². The molecule has 0 N–H and O–H groups in total. The van der Waals surface area contributed by atoms with Crippen LogP contribution in [0.2, 0.25) is 0 Å². The van der Waals surface area contributed by atoms with Crippen molar-refractivity contribution < 1.29 is 0 Å². The van der Waals surface area contributed by atoms with Gasteiger partial charge in [-0.3, -0.25) is 0 Å². The van der Waals surface area contributed by atoms with Crippen molar-refractivity contribution in [2.24, 2.45) is 5.10 Å². The van der Waals surface area contributed by atoms with Gasteiger partial charge in [-0.15, -0.1) is 9.24 Å². The van der Waals surface area contributed by atoms with Crippen LogP contribution in [0.1, 0.15) is 13.8 Å². The third kappa shape index (κ3) is 2.68. The number of rotatable bonds is 3. The van der Waals surface area contributed by atoms with Gasteiger partial charge in [-0.1, -0.05) is 18.7 Å². The Kier molecular flexibility index (Phi) is 3.84. The van der Waals surface area contributed by atoms with E-state index in [1.807, 2.05) is 43.1 Å². The van der Waals surface area contributed by atoms with Gasteiger partial charge in [0, 0.05) is 11.9 Å². The molecule has 1 aromatic rings. The van der Waals surface area contributed by atoms with Crippen molar-refractivity contribution in [1.29, 1.82) is 0 Å². The SMILES string of the molecule is C=C(C)N(/N=C\C)c1cccc(P)c1. The minimum atomic E-state index is 0.902. The maximum absolute atomic E-state index is 4.23. The average Bonchev–Trinajstić information content (AvgIpc) is 2.13. The van der Waals surface area contributed by atoms with Crippen LogP contribution in [-0.4, -0.2) is 6.21 Å². The van der Waals surface area contributed by atoms with Gasteiger partial charge in [0.05, 0.1) is 5.69 Å². The first-order chi connectivity index (χ1) is 6.65. The fourth-order valence-electron chi connectivity index (χ4n) is 1.16. The summed E-state index contributed by atoms with van der Waals surface area (Å²) in [6.45, 7) is 7.71. The molecule has 1 atom stereocenters. The van der Waals surface area contributed by atoms with Crippen molar-refractivity contribution in [3.05, 3.63) is 36.5 Å². The third-order valence-electron chi connectivity index (χ3n) is 1.71. The summed E-state index contributed by atoms with van der Waals surface area (Å²) >= 11 is 0. The summed E-state index contributed by atoms with van der Waals surface area (Å²) in [5, 5.41) is 7.19. The van der Waals surface area contributed by atoms with E-state index in [2.05, 4.69) is 20.9 Å². The van der Waals surface area contributed by atoms with E-state index < -0.39 is 0 Å². The molecule has 0 aliphatic heterocycles. The molecular weight excluding hydrogens is 191 g/mol. The van der Waals surface area contributed by atoms with Crippen LogP contribution in [-0.2, 0) is 0 Å². The van der Waals surface area contributed by atoms with E-state index in [1.54, 1.807) is 6.21 Å². The molecule has 3 heteroatoms. The number of anilines is 1. The Bertz CT molecular complexity index is 358. The average molecular weight is 206 g/mol. The number of benzene rings is 1. The predicted molar refractivity (Wildman–Crippen MR) is 67.2 cm³/mol. The van der Waals surface area contributed by atoms with Crippen LogP contribution in [0.25, 0.3) is 0 Å². The van der Waals surface area contributed by atoms with Crippen molar-refractivity contribution in [3.8, 4) is 0 Å². The normalized spacial score (nSPS) is 10.5. The zero-order chi connectivity index (χ0) is 10.6. The molecule has 0 spiro atoms. The molecule has 0 amide bonds. The van der Waals surface area contributed by atoms with Crippen LogP contribution < -0.4 is 10.3 Å². The molecular formula is C11H15N2P. The monoisotopic (exact) mass is 206 g/mol. The van der Waals surface area contributed by atoms with Gasteiger partial charge in [-0.25, -0.2) is 5.01 Å². The van der Waals surface area contributed by atoms with E-state index in [9.17, 15) is 0 Å². The quantitative estimate of drug-likeness (QED) is 0.421. The summed E-state index contributed by atoms with van der Waals surface area (Å²) in [7, 11) is 2.67. The second-order valence-corrected chi connectivity index (χ2v) is 3.68. The summed E-state index contributed by atoms with van der Waals surface area (Å²) in [5.74, 6) is 0. The molecule has 0 saturated heterocycles. The van der Waals surface area contributed by atoms with Gasteiger partial charge in [-0.2, -0.15) is 5.10 Å². The Morgan fingerprint density at radius 2 is 2.29 bits per heavy atom. The Balaban J connectivity index is 3.05. The number of hydrogen-bond donors (Lipinski definition) is 0. The zero-order valence-corrected chi connectivity index (χ0v) is 9.72. The predicted octanol–water partition coefficient (Wildman–Crippen LogP) is 2.53. The first-order valence-electron chi connectivity index (χ1n) is 4.45. The van der Waals surface area contributed by atoms with Crippen LogP contribution in [0.3, 0.4) is 0 Å². The fourth-order valence-corrected chi connectivity index (χ4v) is 1.44. The second kappa shape index (κ2) is 4.92. The first kappa shape index (κ1) is 10.9. The van der Waals surface area contributed by atoms with Crippen molar-refractivity contribution in [2.45, 2.75) is 13.8 Å². The van der Waals surface area contributed by atoms with E-state index >= 15 is 0 Å². The number of allylic oxidation sites excluding steroid dienone is 1. The van der Waals surface area contributed by atoms with Gasteiger partial charge in [0.2, 0.25) is 0 Å². The van der Waals surface area contributed by atoms with E-state index in [1.165, 1.54) is 0 Å². The highest BCUT2D eigenvalue weighted by Gasteiger charge is 2.03. The van der Waals surface area contributed by atoms with Crippen molar-refractivity contribution >= 4 is 26.4 Å². The second-order valence-electron chi connectivity index (χ2n) is 3.02. The highest BCUT2D eigenvalue weighted by atomic mass is 31.0. The third-order valence-corrected chi connectivity index (χ3v) is 2.07. The number of hydrogen-bond acceptors (Lipinski definition) is 2. The maximum atomic E-state index is 4.23. The Morgan fingerprint density at radius 1 is 1.57 bits per heavy atom. The Hall–Kier alpha value is -1.14. The molecule has 0 aromatic heterocycles. The van der Waals surface area contributed by atoms with E-state index in [4.69, 9.17) is 0 Å². The maximum Gasteiger partial charge on any atom is 0.0654 e. The highest BCUT2D eigenvalue weighted by molar-refractivity contribution is 7.27. The number of nitrogens with zero attached hydrogens (tertiary/aromatic N) is 2. The summed E-state index contributed by atoms with van der Waals surface area (Å²) in [6, 6.07) is 8.08. The van der Waals surface area contributed by atoms with E-state index in [0.717, 1.165) is 16.7 Å². The lowest BCUT2D eigenvalue weighted by Crippen LogP contribution is -2.13. The molecule has 1 rings (SSSR count). The Morgan fingerprint density at radius 3 is 2.79 bits per heavy atom. The van der Waals surface area contributed by atoms with Gasteiger partial charge in [-0.05, 0) is 31.3 Å². The molecule has 14 heavy (non-hydrogen) atoms. The summed E-state index contributed by atoms with van der Waals surface area (Å²) in [4.78, 5) is 0. The largest absolute Gasteiger partial charge is 0.239 e. The van der Waals surface area contributed by atoms with Crippen LogP contribution in [0.4, 0.5) is 5.69 Å². The minimum absolute atomic E-state index is 0.902. The van der Waals surface area contributed by atoms with Gasteiger partial charge in [0.25, 0.3) is 0 Å². The summed E-state index contributed by atoms with van der Waals surface area (Å²) in [5.41, 5.74) is 1.93. The smallest absolute Gasteiger partial charge is 0.0654 e. The molecule has 2 nitrogen and oxygen atoms in total. The molecule has 1 unspecified atom stereocenters. The Labute approximate surface area is 87.5 Å². The molecule has 0 bridgehead atoms. The molecule has 0 radical (unpaired) electrons. The molecule has 0 aliphatic carbocycles. The molecule has 1 aromatic carbocycles. The van der Waals surface area contributed by atoms with Crippen LogP contribution >= 0.6 is 9.24 Å². The van der Waals surface area contributed by atoms with Gasteiger partial charge in [0.1, 0.15) is 0 Å². The van der Waals surface area contributed by atoms with Crippen molar-refractivity contribution in [2.75, 3.05) is 5.01 Å². The fraction of sp³-hybridized carbons (Fsp3) is 0.182. The summed E-state index contributed by atoms with van der Waals surface area (Å²) in [6.07, 6.45) is 1.75. The molecule has 74 valence electrons. The van der Waals surface area contributed by atoms with Crippen molar-refractivity contribution in [3.63, 3.8) is 0 Å². The first-order valence-corrected chi connectivity index (χ1v) is 5.02. The molecule has 0 heterocycles. The zero-order valence-electron chi connectivity index (χ0n) is 8.57. The molecule has 0 saturated carbocycles. The van der Waals surface area contributed by atoms with Crippen LogP contribution in [0.15, 0.2) is 41.6 Å². The minimum Gasteiger partial charge on any atom is -0.239 e. The highest BCUT2D eigenvalue weighted by Crippen LogP contribution is 2.17. The number of hydrazone groups is 1. The topological polar surface area (TPSA) is 15.6 Å². The lowest BCUT2D eigenvalue weighted by atomic mass is 10.3. The molecule has 0 aliphatic rings. The lowest BCUT2D eigenvalue weighted by Gasteiger charge is -2.18. The molecule has 0 fully saturated rings. The standard InChI is InChI=1S/C11H15N2P/c1-4-12-13(9(2)3)10-6-5-7-11(14)8-10/h4-8H,2,14H2,1,3H3/b12-4-. The van der Waals surface area contributed by atoms with Gasteiger partial charge >= 0.3 is 0 Å². The van der Waals surface area contributed by atoms with E-state index in [-0.39, 0.29) is 0 Å². The van der Waals surface area contributed by atoms with Crippen LogP contribution in [0, 0.1) is 0 Å². The van der Waals surface area contributed by atoms with Crippen LogP contribution in [0.5, 0.6) is 0 Å².